The van der Waals surface area contributed by atoms with Crippen LogP contribution >= 0.6 is 7.82 Å². The minimum Gasteiger partial charge on any atom is -0.480 e. The standard InChI is InChI=1S/C48H86NO10P/c1-3-5-7-9-11-13-15-17-19-21-22-24-26-28-30-32-34-36-38-40-47(51)59-44(42-57-60(54,55)58-43-45(49)48(52)53)41-56-46(50)39-37-35-33-31-29-27-25-23-20-18-16-14-12-10-8-6-4-2/h11-14,17-20,44-45H,3-10,15-16,21-43,49H2,1-2H3,(H,52,53)(H,54,55)/b13-11+,14-12+,19-17+,20-18+/t44-,45+/m1/s1. The fourth-order valence-electron chi connectivity index (χ4n) is 6.30. The number of nitrogens with two attached hydrogens (primary N) is 1. The largest absolute Gasteiger partial charge is 0.480 e. The highest BCUT2D eigenvalue weighted by molar-refractivity contribution is 7.47. The Morgan fingerprint density at radius 3 is 1.30 bits per heavy atom. The van der Waals surface area contributed by atoms with Crippen molar-refractivity contribution in [3.05, 3.63) is 48.6 Å². The van der Waals surface area contributed by atoms with Crippen LogP contribution in [-0.2, 0) is 37.5 Å². The van der Waals surface area contributed by atoms with Crippen LogP contribution in [0, 0.1) is 0 Å². The van der Waals surface area contributed by atoms with E-state index in [1.807, 2.05) is 0 Å². The molecule has 0 saturated carbocycles. The molecule has 0 fully saturated rings. The van der Waals surface area contributed by atoms with E-state index in [-0.39, 0.29) is 19.4 Å². The average molecular weight is 868 g/mol. The van der Waals surface area contributed by atoms with Crippen LogP contribution in [0.1, 0.15) is 206 Å². The SMILES string of the molecule is CCCCC/C=C/C/C=C/CCCCCCCCCCCC(=O)O[C@H](COC(=O)CCCCCCCCC/C=C/C/C=C/CCCCC)COP(=O)(O)OC[C@H](N)C(=O)O. The normalized spacial score (nSPS) is 14.1. The first-order valence-corrected chi connectivity index (χ1v) is 25.2. The highest BCUT2D eigenvalue weighted by Gasteiger charge is 2.28. The monoisotopic (exact) mass is 868 g/mol. The summed E-state index contributed by atoms with van der Waals surface area (Å²) < 4.78 is 32.8. The number of phosphoric ester groups is 1. The number of esters is 2. The van der Waals surface area contributed by atoms with Crippen molar-refractivity contribution in [3.63, 3.8) is 0 Å². The molecule has 348 valence electrons. The molecule has 0 bridgehead atoms. The van der Waals surface area contributed by atoms with Gasteiger partial charge < -0.3 is 25.2 Å². The summed E-state index contributed by atoms with van der Waals surface area (Å²) >= 11 is 0. The third-order valence-corrected chi connectivity index (χ3v) is 11.0. The lowest BCUT2D eigenvalue weighted by Crippen LogP contribution is -2.34. The summed E-state index contributed by atoms with van der Waals surface area (Å²) in [5.74, 6) is -2.39. The van der Waals surface area contributed by atoms with E-state index < -0.39 is 51.1 Å². The van der Waals surface area contributed by atoms with Crippen LogP contribution in [-0.4, -0.2) is 59.9 Å². The molecule has 0 heterocycles. The Hall–Kier alpha value is -2.56. The molecule has 3 atom stereocenters. The van der Waals surface area contributed by atoms with Crippen LogP contribution in [0.3, 0.4) is 0 Å². The zero-order valence-corrected chi connectivity index (χ0v) is 38.7. The highest BCUT2D eigenvalue weighted by atomic mass is 31.2. The Bertz CT molecular complexity index is 1200. The van der Waals surface area contributed by atoms with Gasteiger partial charge >= 0.3 is 25.7 Å². The Balaban J connectivity index is 4.32. The number of hydrogen-bond acceptors (Lipinski definition) is 9. The number of carboxylic acids is 1. The molecule has 0 aliphatic rings. The van der Waals surface area contributed by atoms with Gasteiger partial charge in [-0.2, -0.15) is 0 Å². The topological polar surface area (TPSA) is 172 Å². The predicted octanol–water partition coefficient (Wildman–Crippen LogP) is 13.0. The zero-order valence-electron chi connectivity index (χ0n) is 37.8. The average Bonchev–Trinajstić information content (AvgIpc) is 3.22. The van der Waals surface area contributed by atoms with Crippen molar-refractivity contribution in [3.8, 4) is 0 Å². The molecule has 60 heavy (non-hydrogen) atoms. The number of carboxylic acid groups (broad SMARTS) is 1. The van der Waals surface area contributed by atoms with Gasteiger partial charge in [-0.15, -0.1) is 0 Å². The van der Waals surface area contributed by atoms with Crippen molar-refractivity contribution < 1.29 is 47.5 Å². The van der Waals surface area contributed by atoms with Gasteiger partial charge in [0.15, 0.2) is 6.10 Å². The zero-order chi connectivity index (χ0) is 44.2. The number of aliphatic carboxylic acids is 1. The van der Waals surface area contributed by atoms with Crippen LogP contribution in [0.5, 0.6) is 0 Å². The molecular weight excluding hydrogens is 781 g/mol. The fraction of sp³-hybridized carbons (Fsp3) is 0.771. The predicted molar refractivity (Wildman–Crippen MR) is 245 cm³/mol. The van der Waals surface area contributed by atoms with Crippen LogP contribution in [0.25, 0.3) is 0 Å². The van der Waals surface area contributed by atoms with Gasteiger partial charge in [-0.1, -0.05) is 165 Å². The first-order chi connectivity index (χ1) is 29.1. The maximum Gasteiger partial charge on any atom is 0.472 e. The number of unbranched alkanes of at least 4 members (excludes halogenated alkanes) is 22. The van der Waals surface area contributed by atoms with Gasteiger partial charge in [-0.05, 0) is 77.0 Å². The molecule has 0 aromatic heterocycles. The first kappa shape index (κ1) is 57.4. The van der Waals surface area contributed by atoms with Crippen molar-refractivity contribution in [1.29, 1.82) is 0 Å². The van der Waals surface area contributed by atoms with Crippen molar-refractivity contribution in [2.75, 3.05) is 19.8 Å². The van der Waals surface area contributed by atoms with E-state index in [1.165, 1.54) is 103 Å². The summed E-state index contributed by atoms with van der Waals surface area (Å²) in [6.45, 7) is 2.76. The molecule has 0 aliphatic heterocycles. The van der Waals surface area contributed by atoms with Crippen molar-refractivity contribution in [2.45, 2.75) is 219 Å². The van der Waals surface area contributed by atoms with Crippen LogP contribution in [0.4, 0.5) is 0 Å². The molecule has 0 spiro atoms. The molecule has 0 radical (unpaired) electrons. The Labute approximate surface area is 365 Å². The maximum absolute atomic E-state index is 12.7. The molecule has 0 aromatic carbocycles. The molecule has 0 aliphatic carbocycles. The molecule has 12 heteroatoms. The van der Waals surface area contributed by atoms with Gasteiger partial charge in [0.25, 0.3) is 0 Å². The lowest BCUT2D eigenvalue weighted by Gasteiger charge is -2.20. The number of ether oxygens (including phenoxy) is 2. The summed E-state index contributed by atoms with van der Waals surface area (Å²) in [6.07, 6.45) is 48.8. The molecule has 0 aromatic rings. The van der Waals surface area contributed by atoms with Gasteiger partial charge in [-0.3, -0.25) is 23.4 Å². The van der Waals surface area contributed by atoms with Gasteiger partial charge in [0.1, 0.15) is 12.6 Å². The highest BCUT2D eigenvalue weighted by Crippen LogP contribution is 2.43. The summed E-state index contributed by atoms with van der Waals surface area (Å²) in [4.78, 5) is 46.1. The van der Waals surface area contributed by atoms with Gasteiger partial charge in [-0.25, -0.2) is 4.57 Å². The second-order valence-electron chi connectivity index (χ2n) is 15.9. The van der Waals surface area contributed by atoms with Crippen molar-refractivity contribution >= 4 is 25.7 Å². The van der Waals surface area contributed by atoms with E-state index in [0.29, 0.717) is 12.8 Å². The number of rotatable bonds is 44. The summed E-state index contributed by atoms with van der Waals surface area (Å²) in [6, 6.07) is -1.52. The smallest absolute Gasteiger partial charge is 0.472 e. The fourth-order valence-corrected chi connectivity index (χ4v) is 7.08. The number of hydrogen-bond donors (Lipinski definition) is 3. The Morgan fingerprint density at radius 1 is 0.517 bits per heavy atom. The number of carbonyl (C=O) groups excluding carboxylic acids is 2. The molecule has 0 amide bonds. The minimum absolute atomic E-state index is 0.154. The number of carbonyl (C=O) groups is 3. The van der Waals surface area contributed by atoms with Crippen LogP contribution in [0.15, 0.2) is 48.6 Å². The van der Waals surface area contributed by atoms with E-state index in [0.717, 1.165) is 64.2 Å². The third-order valence-electron chi connectivity index (χ3n) is 10.0. The van der Waals surface area contributed by atoms with E-state index >= 15 is 0 Å². The van der Waals surface area contributed by atoms with E-state index in [1.54, 1.807) is 0 Å². The lowest BCUT2D eigenvalue weighted by atomic mass is 10.1. The van der Waals surface area contributed by atoms with Gasteiger partial charge in [0.2, 0.25) is 0 Å². The van der Waals surface area contributed by atoms with E-state index in [9.17, 15) is 23.8 Å². The summed E-state index contributed by atoms with van der Waals surface area (Å²) in [5.41, 5.74) is 5.34. The minimum atomic E-state index is -4.72. The van der Waals surface area contributed by atoms with Crippen LogP contribution in [0.2, 0.25) is 0 Å². The van der Waals surface area contributed by atoms with Gasteiger partial charge in [0.05, 0.1) is 13.2 Å². The molecule has 4 N–H and O–H groups in total. The quantitative estimate of drug-likeness (QED) is 0.0230. The molecule has 0 saturated heterocycles. The van der Waals surface area contributed by atoms with Crippen molar-refractivity contribution in [1.82, 2.24) is 0 Å². The second kappa shape index (κ2) is 43.1. The van der Waals surface area contributed by atoms with E-state index in [2.05, 4.69) is 67.0 Å². The molecular formula is C48H86NO10P. The molecule has 11 nitrogen and oxygen atoms in total. The number of allylic oxidation sites excluding steroid dienone is 8. The Morgan fingerprint density at radius 2 is 0.883 bits per heavy atom. The summed E-state index contributed by atoms with van der Waals surface area (Å²) in [5, 5.41) is 8.91. The number of phosphoric acid groups is 1. The van der Waals surface area contributed by atoms with E-state index in [4.69, 9.17) is 24.8 Å². The van der Waals surface area contributed by atoms with Crippen LogP contribution < -0.4 is 5.73 Å². The third kappa shape index (κ3) is 42.1. The maximum atomic E-state index is 12.7. The second-order valence-corrected chi connectivity index (χ2v) is 17.3. The van der Waals surface area contributed by atoms with Crippen molar-refractivity contribution in [2.24, 2.45) is 5.73 Å². The molecule has 0 rings (SSSR count). The van der Waals surface area contributed by atoms with Gasteiger partial charge in [0, 0.05) is 12.8 Å². The summed E-state index contributed by atoms with van der Waals surface area (Å²) in [7, 11) is -4.72. The lowest BCUT2D eigenvalue weighted by molar-refractivity contribution is -0.161. The Kier molecular flexibility index (Phi) is 41.3. The molecule has 1 unspecified atom stereocenters. The first-order valence-electron chi connectivity index (χ1n) is 23.7.